The first-order valence-corrected chi connectivity index (χ1v) is 9.93. The molecule has 26 heavy (non-hydrogen) atoms. The summed E-state index contributed by atoms with van der Waals surface area (Å²) in [7, 11) is 1.92. The van der Waals surface area contributed by atoms with Gasteiger partial charge < -0.3 is 15.2 Å². The van der Waals surface area contributed by atoms with Gasteiger partial charge in [-0.25, -0.2) is 4.79 Å². The Morgan fingerprint density at radius 1 is 1.19 bits per heavy atom. The number of benzene rings is 1. The monoisotopic (exact) mass is 372 g/mol. The van der Waals surface area contributed by atoms with Gasteiger partial charge >= 0.3 is 6.03 Å². The number of carbonyl (C=O) groups is 1. The summed E-state index contributed by atoms with van der Waals surface area (Å²) >= 11 is -1.17. The van der Waals surface area contributed by atoms with Crippen molar-refractivity contribution in [3.8, 4) is 0 Å². The van der Waals surface area contributed by atoms with Crippen LogP contribution < -0.4 is 10.6 Å². The molecule has 138 valence electrons. The Bertz CT molecular complexity index is 705. The molecular formula is C19H24N4O2S. The zero-order valence-corrected chi connectivity index (χ0v) is 15.7. The summed E-state index contributed by atoms with van der Waals surface area (Å²) in [6.07, 6.45) is 8.03. The van der Waals surface area contributed by atoms with Crippen molar-refractivity contribution >= 4 is 23.1 Å². The van der Waals surface area contributed by atoms with E-state index in [9.17, 15) is 9.35 Å². The SMILES string of the molecule is CN(C1CCCC1)[S+]([O-])c1ccc(NC(=O)NCc2ccncc2)cc1. The van der Waals surface area contributed by atoms with Gasteiger partial charge in [-0.05, 0) is 54.8 Å². The topological polar surface area (TPSA) is 80.3 Å². The minimum Gasteiger partial charge on any atom is -0.593 e. The van der Waals surface area contributed by atoms with Crippen molar-refractivity contribution in [2.75, 3.05) is 12.4 Å². The van der Waals surface area contributed by atoms with E-state index in [1.54, 1.807) is 36.7 Å². The predicted octanol–water partition coefficient (Wildman–Crippen LogP) is 3.30. The van der Waals surface area contributed by atoms with Gasteiger partial charge in [-0.2, -0.15) is 0 Å². The van der Waals surface area contributed by atoms with Crippen LogP contribution in [0.4, 0.5) is 10.5 Å². The molecule has 2 amide bonds. The van der Waals surface area contributed by atoms with Crippen molar-refractivity contribution < 1.29 is 9.35 Å². The Labute approximate surface area is 157 Å². The lowest BCUT2D eigenvalue weighted by Gasteiger charge is -2.25. The van der Waals surface area contributed by atoms with Gasteiger partial charge in [0.15, 0.2) is 4.90 Å². The first-order chi connectivity index (χ1) is 12.6. The molecule has 0 aliphatic heterocycles. The third kappa shape index (κ3) is 4.97. The van der Waals surface area contributed by atoms with Crippen LogP contribution >= 0.6 is 0 Å². The van der Waals surface area contributed by atoms with Crippen molar-refractivity contribution in [1.29, 1.82) is 0 Å². The number of aromatic nitrogens is 1. The fourth-order valence-corrected chi connectivity index (χ4v) is 4.27. The van der Waals surface area contributed by atoms with Gasteiger partial charge in [-0.15, -0.1) is 4.31 Å². The minimum absolute atomic E-state index is 0.279. The van der Waals surface area contributed by atoms with E-state index in [4.69, 9.17) is 0 Å². The molecule has 0 saturated heterocycles. The fraction of sp³-hybridized carbons (Fsp3) is 0.368. The lowest BCUT2D eigenvalue weighted by atomic mass is 10.3. The van der Waals surface area contributed by atoms with Crippen LogP contribution in [0.1, 0.15) is 31.2 Å². The molecule has 7 heteroatoms. The summed E-state index contributed by atoms with van der Waals surface area (Å²) in [5.74, 6) is 0. The average Bonchev–Trinajstić information content (AvgIpc) is 3.21. The smallest absolute Gasteiger partial charge is 0.319 e. The molecule has 3 rings (SSSR count). The molecule has 1 atom stereocenters. The maximum atomic E-state index is 12.7. The third-order valence-electron chi connectivity index (χ3n) is 4.62. The van der Waals surface area contributed by atoms with Gasteiger partial charge in [0.25, 0.3) is 0 Å². The van der Waals surface area contributed by atoms with Gasteiger partial charge in [-0.1, -0.05) is 12.8 Å². The van der Waals surface area contributed by atoms with Crippen LogP contribution in [-0.4, -0.2) is 33.0 Å². The highest BCUT2D eigenvalue weighted by Gasteiger charge is 2.29. The quantitative estimate of drug-likeness (QED) is 0.763. The summed E-state index contributed by atoms with van der Waals surface area (Å²) in [6.45, 7) is 0.433. The number of anilines is 1. The van der Waals surface area contributed by atoms with Gasteiger partial charge in [0.05, 0.1) is 17.4 Å². The van der Waals surface area contributed by atoms with Crippen LogP contribution in [0.5, 0.6) is 0 Å². The largest absolute Gasteiger partial charge is 0.593 e. The second-order valence-electron chi connectivity index (χ2n) is 6.42. The fourth-order valence-electron chi connectivity index (χ4n) is 3.08. The first kappa shape index (κ1) is 18.7. The molecule has 1 aromatic heterocycles. The second-order valence-corrected chi connectivity index (χ2v) is 7.97. The van der Waals surface area contributed by atoms with E-state index >= 15 is 0 Å². The molecule has 0 bridgehead atoms. The molecule has 1 heterocycles. The van der Waals surface area contributed by atoms with E-state index in [0.717, 1.165) is 23.3 Å². The van der Waals surface area contributed by atoms with E-state index in [-0.39, 0.29) is 6.03 Å². The Hall–Kier alpha value is -2.09. The van der Waals surface area contributed by atoms with E-state index in [2.05, 4.69) is 15.6 Å². The normalized spacial score (nSPS) is 15.8. The minimum atomic E-state index is -1.17. The molecule has 1 fully saturated rings. The van der Waals surface area contributed by atoms with Gasteiger partial charge in [0.2, 0.25) is 0 Å². The number of amides is 2. The van der Waals surface area contributed by atoms with E-state index in [1.807, 2.05) is 23.5 Å². The second kappa shape index (κ2) is 9.02. The Kier molecular flexibility index (Phi) is 6.49. The number of urea groups is 1. The molecule has 1 aromatic carbocycles. The summed E-state index contributed by atoms with van der Waals surface area (Å²) in [6, 6.07) is 11.0. The number of rotatable bonds is 6. The van der Waals surface area contributed by atoms with E-state index < -0.39 is 11.4 Å². The number of hydrogen-bond donors (Lipinski definition) is 2. The summed E-state index contributed by atoms with van der Waals surface area (Å²) < 4.78 is 14.6. The maximum Gasteiger partial charge on any atom is 0.319 e. The molecule has 0 radical (unpaired) electrons. The number of carbonyl (C=O) groups excluding carboxylic acids is 1. The average molecular weight is 372 g/mol. The molecule has 2 aromatic rings. The van der Waals surface area contributed by atoms with Crippen LogP contribution in [0, 0.1) is 0 Å². The molecule has 0 spiro atoms. The zero-order valence-electron chi connectivity index (χ0n) is 14.9. The summed E-state index contributed by atoms with van der Waals surface area (Å²) in [4.78, 5) is 16.7. The molecule has 6 nitrogen and oxygen atoms in total. The molecular weight excluding hydrogens is 348 g/mol. The highest BCUT2D eigenvalue weighted by molar-refractivity contribution is 7.89. The zero-order chi connectivity index (χ0) is 18.4. The molecule has 1 saturated carbocycles. The van der Waals surface area contributed by atoms with Gasteiger partial charge in [0.1, 0.15) is 0 Å². The maximum absolute atomic E-state index is 12.7. The molecule has 1 aliphatic rings. The highest BCUT2D eigenvalue weighted by atomic mass is 32.2. The van der Waals surface area contributed by atoms with Crippen LogP contribution in [0.3, 0.4) is 0 Å². The Morgan fingerprint density at radius 2 is 1.85 bits per heavy atom. The van der Waals surface area contributed by atoms with Crippen molar-refractivity contribution in [3.63, 3.8) is 0 Å². The van der Waals surface area contributed by atoms with E-state index in [1.165, 1.54) is 12.8 Å². The van der Waals surface area contributed by atoms with Crippen molar-refractivity contribution in [3.05, 3.63) is 54.4 Å². The predicted molar refractivity (Wildman–Crippen MR) is 103 cm³/mol. The first-order valence-electron chi connectivity index (χ1n) is 8.82. The lowest BCUT2D eigenvalue weighted by molar-refractivity contribution is 0.251. The van der Waals surface area contributed by atoms with Crippen LogP contribution in [0.15, 0.2) is 53.7 Å². The Morgan fingerprint density at radius 3 is 2.50 bits per heavy atom. The molecule has 1 aliphatic carbocycles. The molecule has 2 N–H and O–H groups in total. The van der Waals surface area contributed by atoms with Crippen molar-refractivity contribution in [2.45, 2.75) is 43.2 Å². The number of hydrogen-bond acceptors (Lipinski definition) is 4. The Balaban J connectivity index is 1.51. The number of nitrogens with one attached hydrogen (secondary N) is 2. The molecule has 1 unspecified atom stereocenters. The van der Waals surface area contributed by atoms with E-state index in [0.29, 0.717) is 18.3 Å². The number of nitrogens with zero attached hydrogens (tertiary/aromatic N) is 2. The summed E-state index contributed by atoms with van der Waals surface area (Å²) in [5.41, 5.74) is 1.65. The van der Waals surface area contributed by atoms with Gasteiger partial charge in [-0.3, -0.25) is 4.98 Å². The van der Waals surface area contributed by atoms with Crippen LogP contribution in [-0.2, 0) is 17.9 Å². The third-order valence-corrected chi connectivity index (χ3v) is 6.11. The summed E-state index contributed by atoms with van der Waals surface area (Å²) in [5, 5.41) is 5.58. The van der Waals surface area contributed by atoms with Crippen LogP contribution in [0.2, 0.25) is 0 Å². The van der Waals surface area contributed by atoms with Crippen molar-refractivity contribution in [1.82, 2.24) is 14.6 Å². The highest BCUT2D eigenvalue weighted by Crippen LogP contribution is 2.27. The number of pyridine rings is 1. The van der Waals surface area contributed by atoms with Crippen molar-refractivity contribution in [2.24, 2.45) is 0 Å². The standard InChI is InChI=1S/C19H24N4O2S/c1-23(17-4-2-3-5-17)26(25)18-8-6-16(7-9-18)22-19(24)21-14-15-10-12-20-13-11-15/h6-13,17H,2-5,14H2,1H3,(H2,21,22,24). The van der Waals surface area contributed by atoms with Gasteiger partial charge in [0, 0.05) is 31.7 Å². The van der Waals surface area contributed by atoms with Crippen LogP contribution in [0.25, 0.3) is 0 Å². The lowest BCUT2D eigenvalue weighted by Crippen LogP contribution is -2.35.